The number of ether oxygens (including phenoxy) is 2. The average molecular weight is 649 g/mol. The van der Waals surface area contributed by atoms with Crippen LogP contribution in [0.4, 0.5) is 20.4 Å². The Bertz CT molecular complexity index is 1740. The zero-order valence-corrected chi connectivity index (χ0v) is 25.7. The maximum Gasteiger partial charge on any atom is 0.344 e. The van der Waals surface area contributed by atoms with Crippen molar-refractivity contribution < 1.29 is 43.2 Å². The van der Waals surface area contributed by atoms with Crippen LogP contribution in [0.2, 0.25) is 0 Å². The first kappa shape index (κ1) is 33.2. The number of rotatable bonds is 10. The largest absolute Gasteiger partial charge is 0.508 e. The third-order valence-corrected chi connectivity index (χ3v) is 8.29. The monoisotopic (exact) mass is 648 g/mol. The van der Waals surface area contributed by atoms with Gasteiger partial charge in [0.1, 0.15) is 34.3 Å². The molecule has 11 nitrogen and oxygen atoms in total. The normalized spacial score (nSPS) is 17.5. The number of aryl methyl sites for hydroxylation is 1. The number of carbonyl (C=O) groups excluding carboxylic acids is 2. The van der Waals surface area contributed by atoms with E-state index in [4.69, 9.17) is 9.47 Å². The molecule has 1 aliphatic rings. The number of phenolic OH excluding ortho intramolecular Hbond substituents is 2. The number of esters is 2. The molecular weight excluding hydrogens is 614 g/mol. The van der Waals surface area contributed by atoms with Gasteiger partial charge < -0.3 is 30.1 Å². The fourth-order valence-corrected chi connectivity index (χ4v) is 5.63. The number of aromatic hydroxyl groups is 2. The molecule has 0 amide bonds. The van der Waals surface area contributed by atoms with Crippen molar-refractivity contribution in [2.75, 3.05) is 12.1 Å². The fourth-order valence-electron chi connectivity index (χ4n) is 5.63. The number of nitrogens with one attached hydrogen (secondary N) is 1. The molecule has 0 radical (unpaired) electrons. The summed E-state index contributed by atoms with van der Waals surface area (Å²) >= 11 is 0. The van der Waals surface area contributed by atoms with E-state index in [1.807, 2.05) is 13.0 Å². The van der Waals surface area contributed by atoms with Crippen LogP contribution in [-0.2, 0) is 19.9 Å². The number of aromatic nitrogens is 3. The molecule has 3 aromatic heterocycles. The van der Waals surface area contributed by atoms with Gasteiger partial charge in [0.25, 0.3) is 6.43 Å². The molecule has 0 spiro atoms. The van der Waals surface area contributed by atoms with Gasteiger partial charge >= 0.3 is 11.9 Å². The molecule has 4 aromatic rings. The van der Waals surface area contributed by atoms with E-state index in [2.05, 4.69) is 20.3 Å². The Balaban J connectivity index is 1.16. The van der Waals surface area contributed by atoms with Crippen LogP contribution in [0, 0.1) is 18.8 Å². The Morgan fingerprint density at radius 3 is 2.45 bits per heavy atom. The fraction of sp³-hybridized carbons (Fsp3) is 0.324. The van der Waals surface area contributed by atoms with Crippen molar-refractivity contribution in [3.63, 3.8) is 0 Å². The lowest BCUT2D eigenvalue weighted by atomic mass is 9.73. The van der Waals surface area contributed by atoms with Gasteiger partial charge in [0.2, 0.25) is 6.79 Å². The molecule has 1 aromatic carbocycles. The number of benzene rings is 1. The van der Waals surface area contributed by atoms with Crippen LogP contribution in [0.1, 0.15) is 66.2 Å². The maximum atomic E-state index is 13.1. The Morgan fingerprint density at radius 2 is 1.74 bits per heavy atom. The first-order valence-electron chi connectivity index (χ1n) is 15.0. The number of nitrogens with zero attached hydrogens (tertiary/aromatic N) is 3. The second kappa shape index (κ2) is 14.1. The summed E-state index contributed by atoms with van der Waals surface area (Å²) in [6, 6.07) is 13.1. The minimum Gasteiger partial charge on any atom is -0.508 e. The summed E-state index contributed by atoms with van der Waals surface area (Å²) < 4.78 is 36.3. The van der Waals surface area contributed by atoms with E-state index in [0.717, 1.165) is 17.7 Å². The smallest absolute Gasteiger partial charge is 0.344 e. The van der Waals surface area contributed by atoms with Crippen molar-refractivity contribution in [1.82, 2.24) is 15.0 Å². The molecule has 1 aliphatic carbocycles. The number of halogens is 2. The molecule has 3 heterocycles. The predicted molar refractivity (Wildman–Crippen MR) is 166 cm³/mol. The van der Waals surface area contributed by atoms with Crippen LogP contribution in [0.5, 0.6) is 11.5 Å². The highest BCUT2D eigenvalue weighted by Crippen LogP contribution is 2.41. The van der Waals surface area contributed by atoms with Crippen LogP contribution in [0.3, 0.4) is 0 Å². The molecule has 13 heteroatoms. The molecule has 0 saturated heterocycles. The van der Waals surface area contributed by atoms with Crippen LogP contribution in [-0.4, -0.2) is 49.0 Å². The van der Waals surface area contributed by atoms with Crippen molar-refractivity contribution in [2.45, 2.75) is 51.6 Å². The number of anilines is 2. The number of pyridine rings is 3. The van der Waals surface area contributed by atoms with Gasteiger partial charge in [0, 0.05) is 23.5 Å². The summed E-state index contributed by atoms with van der Waals surface area (Å²) in [6.07, 6.45) is 2.28. The average Bonchev–Trinajstić information content (AvgIpc) is 3.05. The highest BCUT2D eigenvalue weighted by molar-refractivity contribution is 5.92. The predicted octanol–water partition coefficient (Wildman–Crippen LogP) is 6.31. The van der Waals surface area contributed by atoms with Gasteiger partial charge in [-0.3, -0.25) is 9.78 Å². The van der Waals surface area contributed by atoms with Crippen molar-refractivity contribution >= 4 is 23.6 Å². The molecule has 47 heavy (non-hydrogen) atoms. The quantitative estimate of drug-likeness (QED) is 0.0865. The number of hydrogen-bond donors (Lipinski definition) is 4. The Kier molecular flexibility index (Phi) is 9.95. The zero-order valence-electron chi connectivity index (χ0n) is 25.7. The van der Waals surface area contributed by atoms with E-state index in [0.29, 0.717) is 48.5 Å². The van der Waals surface area contributed by atoms with E-state index >= 15 is 0 Å². The molecule has 0 aliphatic heterocycles. The van der Waals surface area contributed by atoms with Gasteiger partial charge in [0.15, 0.2) is 0 Å². The van der Waals surface area contributed by atoms with Gasteiger partial charge in [-0.2, -0.15) is 0 Å². The highest BCUT2D eigenvalue weighted by atomic mass is 19.3. The summed E-state index contributed by atoms with van der Waals surface area (Å²) in [6.45, 7) is 2.94. The minimum absolute atomic E-state index is 0.150. The van der Waals surface area contributed by atoms with Gasteiger partial charge in [-0.1, -0.05) is 0 Å². The number of alkyl halides is 2. The standard InChI is InChI=1S/C34H34F2N4O7/c1-19-13-26(39-30(14-19)40-29-15-21(31(35)36)11-12-37-29)22-5-10-28(38-17-22)34(2,45)23-6-3-20(4-7-23)32(43)46-18-47-33(44)25-16-24(41)8-9-27(25)42/h5,8-17,20,23,31,41-42,45H,3-4,6-7,18H2,1-2H3,(H,37,39,40)/t20?,23?,34-/m1/s1. The first-order valence-corrected chi connectivity index (χ1v) is 15.0. The summed E-state index contributed by atoms with van der Waals surface area (Å²) in [5, 5.41) is 33.8. The van der Waals surface area contributed by atoms with E-state index in [9.17, 15) is 33.7 Å². The van der Waals surface area contributed by atoms with Crippen molar-refractivity contribution in [3.05, 3.63) is 89.4 Å². The van der Waals surface area contributed by atoms with Gasteiger partial charge in [0.05, 0.1) is 17.3 Å². The molecule has 1 atom stereocenters. The van der Waals surface area contributed by atoms with Gasteiger partial charge in [-0.25, -0.2) is 23.5 Å². The number of carbonyl (C=O) groups is 2. The Hall–Kier alpha value is -5.17. The summed E-state index contributed by atoms with van der Waals surface area (Å²) in [4.78, 5) is 38.0. The summed E-state index contributed by atoms with van der Waals surface area (Å²) in [7, 11) is 0. The summed E-state index contributed by atoms with van der Waals surface area (Å²) in [5.74, 6) is -2.03. The lowest BCUT2D eigenvalue weighted by Crippen LogP contribution is -2.37. The molecule has 246 valence electrons. The minimum atomic E-state index is -2.62. The topological polar surface area (TPSA) is 164 Å². The molecule has 0 unspecified atom stereocenters. The van der Waals surface area contributed by atoms with Crippen LogP contribution >= 0.6 is 0 Å². The third kappa shape index (κ3) is 7.98. The molecule has 1 fully saturated rings. The molecule has 5 rings (SSSR count). The lowest BCUT2D eigenvalue weighted by Gasteiger charge is -2.37. The Labute approximate surface area is 269 Å². The van der Waals surface area contributed by atoms with Gasteiger partial charge in [-0.05, 0) is 106 Å². The van der Waals surface area contributed by atoms with E-state index in [-0.39, 0.29) is 34.4 Å². The lowest BCUT2D eigenvalue weighted by molar-refractivity contribution is -0.159. The second-order valence-corrected chi connectivity index (χ2v) is 11.7. The molecule has 1 saturated carbocycles. The van der Waals surface area contributed by atoms with E-state index < -0.39 is 36.7 Å². The first-order chi connectivity index (χ1) is 22.4. The van der Waals surface area contributed by atoms with Crippen LogP contribution < -0.4 is 5.32 Å². The SMILES string of the molecule is Cc1cc(Nc2cc(C(F)F)ccn2)nc(-c2ccc([C@](C)(O)C3CCC(C(=O)OCOC(=O)c4cc(O)ccc4O)CC3)nc2)c1. The second-order valence-electron chi connectivity index (χ2n) is 11.7. The summed E-state index contributed by atoms with van der Waals surface area (Å²) in [5.41, 5.74) is 0.951. The number of hydrogen-bond acceptors (Lipinski definition) is 11. The molecular formula is C34H34F2N4O7. The van der Waals surface area contributed by atoms with Crippen LogP contribution in [0.15, 0.2) is 67.0 Å². The number of aliphatic hydroxyl groups is 1. The zero-order chi connectivity index (χ0) is 33.7. The molecule has 4 N–H and O–H groups in total. The van der Waals surface area contributed by atoms with E-state index in [1.165, 1.54) is 24.4 Å². The van der Waals surface area contributed by atoms with Crippen LogP contribution in [0.25, 0.3) is 11.3 Å². The van der Waals surface area contributed by atoms with Gasteiger partial charge in [-0.15, -0.1) is 0 Å². The third-order valence-electron chi connectivity index (χ3n) is 8.29. The maximum absolute atomic E-state index is 13.1. The van der Waals surface area contributed by atoms with Crippen molar-refractivity contribution in [1.29, 1.82) is 0 Å². The number of phenols is 2. The molecule has 0 bridgehead atoms. The van der Waals surface area contributed by atoms with Crippen molar-refractivity contribution in [2.24, 2.45) is 11.8 Å². The van der Waals surface area contributed by atoms with Crippen molar-refractivity contribution in [3.8, 4) is 22.8 Å². The van der Waals surface area contributed by atoms with E-state index in [1.54, 1.807) is 31.3 Å². The Morgan fingerprint density at radius 1 is 0.979 bits per heavy atom. The highest BCUT2D eigenvalue weighted by Gasteiger charge is 2.39.